The first kappa shape index (κ1) is 26.1. The first-order valence-electron chi connectivity index (χ1n) is 13.4. The van der Waals surface area contributed by atoms with Crippen molar-refractivity contribution in [1.29, 1.82) is 0 Å². The maximum Gasteiger partial charge on any atom is 0.230 e. The van der Waals surface area contributed by atoms with Gasteiger partial charge in [0.25, 0.3) is 0 Å². The molecule has 9 nitrogen and oxygen atoms in total. The van der Waals surface area contributed by atoms with Crippen molar-refractivity contribution in [3.05, 3.63) is 60.4 Å². The lowest BCUT2D eigenvalue weighted by molar-refractivity contribution is 0.162. The normalized spacial score (nSPS) is 14.6. The number of aromatic nitrogens is 5. The molecule has 0 aliphatic carbocycles. The van der Waals surface area contributed by atoms with Crippen LogP contribution in [0.1, 0.15) is 25.3 Å². The SMILES string of the molecule is [B]c1cnn2c(NCc3ccc(-c4ccccn4)cc3)nc(N3CCC(N(CC)CCN(C)C)CC3)nc12. The third-order valence-corrected chi connectivity index (χ3v) is 7.25. The monoisotopic (exact) mass is 509 g/mol. The average molecular weight is 509 g/mol. The molecule has 4 aromatic rings. The number of nitrogens with zero attached hydrogens (tertiary/aromatic N) is 8. The van der Waals surface area contributed by atoms with Crippen molar-refractivity contribution in [2.24, 2.45) is 0 Å². The van der Waals surface area contributed by atoms with E-state index >= 15 is 0 Å². The van der Waals surface area contributed by atoms with Gasteiger partial charge in [-0.3, -0.25) is 9.88 Å². The fraction of sp³-hybridized carbons (Fsp3) is 0.429. The molecule has 0 saturated carbocycles. The highest BCUT2D eigenvalue weighted by molar-refractivity contribution is 6.36. The third-order valence-electron chi connectivity index (χ3n) is 7.25. The fourth-order valence-corrected chi connectivity index (χ4v) is 5.01. The zero-order valence-corrected chi connectivity index (χ0v) is 22.6. The number of likely N-dealkylation sites (N-methyl/N-ethyl adjacent to an activating group) is 2. The zero-order valence-electron chi connectivity index (χ0n) is 22.6. The van der Waals surface area contributed by atoms with Crippen molar-refractivity contribution < 1.29 is 0 Å². The molecule has 1 saturated heterocycles. The number of nitrogens with one attached hydrogen (secondary N) is 1. The topological polar surface area (TPSA) is 77.7 Å². The molecule has 196 valence electrons. The summed E-state index contributed by atoms with van der Waals surface area (Å²) in [5.41, 5.74) is 4.37. The molecule has 1 N–H and O–H groups in total. The molecule has 4 heterocycles. The average Bonchev–Trinajstić information content (AvgIpc) is 3.33. The second-order valence-electron chi connectivity index (χ2n) is 10.1. The molecule has 1 fully saturated rings. The number of fused-ring (bicyclic) bond motifs is 1. The van der Waals surface area contributed by atoms with Crippen molar-refractivity contribution in [3.63, 3.8) is 0 Å². The number of rotatable bonds is 10. The number of benzene rings is 1. The summed E-state index contributed by atoms with van der Waals surface area (Å²) in [6, 6.07) is 14.9. The molecular formula is C28H36BN9. The van der Waals surface area contributed by atoms with Gasteiger partial charge in [0.2, 0.25) is 11.9 Å². The highest BCUT2D eigenvalue weighted by Crippen LogP contribution is 2.22. The number of pyridine rings is 1. The van der Waals surface area contributed by atoms with Crippen LogP contribution in [0.4, 0.5) is 11.9 Å². The maximum atomic E-state index is 6.22. The summed E-state index contributed by atoms with van der Waals surface area (Å²) >= 11 is 0. The van der Waals surface area contributed by atoms with Gasteiger partial charge < -0.3 is 15.1 Å². The van der Waals surface area contributed by atoms with E-state index in [-0.39, 0.29) is 0 Å². The van der Waals surface area contributed by atoms with Gasteiger partial charge in [-0.25, -0.2) is 0 Å². The molecule has 0 spiro atoms. The number of hydrogen-bond acceptors (Lipinski definition) is 8. The highest BCUT2D eigenvalue weighted by atomic mass is 15.4. The van der Waals surface area contributed by atoms with Crippen LogP contribution in [0, 0.1) is 0 Å². The van der Waals surface area contributed by atoms with E-state index in [1.165, 1.54) is 0 Å². The summed E-state index contributed by atoms with van der Waals surface area (Å²) < 4.78 is 1.69. The van der Waals surface area contributed by atoms with E-state index in [9.17, 15) is 0 Å². The smallest absolute Gasteiger partial charge is 0.230 e. The number of anilines is 2. The Hall–Kier alpha value is -3.50. The second kappa shape index (κ2) is 11.9. The largest absolute Gasteiger partial charge is 0.350 e. The fourth-order valence-electron chi connectivity index (χ4n) is 5.01. The number of hydrogen-bond donors (Lipinski definition) is 1. The van der Waals surface area contributed by atoms with E-state index in [4.69, 9.17) is 17.8 Å². The lowest BCUT2D eigenvalue weighted by atomic mass is 10.0. The Morgan fingerprint density at radius 3 is 2.50 bits per heavy atom. The Morgan fingerprint density at radius 2 is 1.82 bits per heavy atom. The Kier molecular flexibility index (Phi) is 8.19. The lowest BCUT2D eigenvalue weighted by Crippen LogP contribution is -2.47. The molecule has 1 aliphatic rings. The molecule has 3 aromatic heterocycles. The molecule has 38 heavy (non-hydrogen) atoms. The van der Waals surface area contributed by atoms with Gasteiger partial charge in [-0.15, -0.1) is 0 Å². The van der Waals surface area contributed by atoms with Crippen LogP contribution in [-0.4, -0.2) is 95.1 Å². The summed E-state index contributed by atoms with van der Waals surface area (Å²) in [6.45, 7) is 7.95. The first-order chi connectivity index (χ1) is 18.5. The van der Waals surface area contributed by atoms with Gasteiger partial charge in [0.15, 0.2) is 5.65 Å². The van der Waals surface area contributed by atoms with Gasteiger partial charge in [-0.1, -0.05) is 37.3 Å². The van der Waals surface area contributed by atoms with Crippen LogP contribution in [-0.2, 0) is 6.54 Å². The van der Waals surface area contributed by atoms with Crippen LogP contribution < -0.4 is 15.7 Å². The Bertz CT molecular complexity index is 1320. The zero-order chi connectivity index (χ0) is 26.5. The lowest BCUT2D eigenvalue weighted by Gasteiger charge is -2.38. The van der Waals surface area contributed by atoms with E-state index in [1.54, 1.807) is 10.7 Å². The Morgan fingerprint density at radius 1 is 1.03 bits per heavy atom. The minimum atomic E-state index is 0.548. The van der Waals surface area contributed by atoms with Gasteiger partial charge in [-0.2, -0.15) is 19.6 Å². The molecule has 5 rings (SSSR count). The van der Waals surface area contributed by atoms with Crippen molar-refractivity contribution in [3.8, 4) is 11.3 Å². The van der Waals surface area contributed by atoms with Crippen LogP contribution in [0.15, 0.2) is 54.9 Å². The van der Waals surface area contributed by atoms with Crippen LogP contribution in [0.3, 0.4) is 0 Å². The molecule has 0 amide bonds. The molecule has 0 unspecified atom stereocenters. The number of piperidine rings is 1. The van der Waals surface area contributed by atoms with Crippen molar-refractivity contribution >= 4 is 30.9 Å². The van der Waals surface area contributed by atoms with Gasteiger partial charge in [-0.05, 0) is 56.6 Å². The maximum absolute atomic E-state index is 6.22. The summed E-state index contributed by atoms with van der Waals surface area (Å²) in [4.78, 5) is 21.2. The summed E-state index contributed by atoms with van der Waals surface area (Å²) in [7, 11) is 10.5. The third kappa shape index (κ3) is 5.97. The van der Waals surface area contributed by atoms with E-state index in [1.807, 2.05) is 24.4 Å². The van der Waals surface area contributed by atoms with Crippen molar-refractivity contribution in [2.45, 2.75) is 32.4 Å². The van der Waals surface area contributed by atoms with E-state index < -0.39 is 0 Å². The molecular weight excluding hydrogens is 473 g/mol. The predicted octanol–water partition coefficient (Wildman–Crippen LogP) is 2.44. The van der Waals surface area contributed by atoms with Gasteiger partial charge in [0.05, 0.1) is 5.69 Å². The Labute approximate surface area is 226 Å². The molecule has 1 aliphatic heterocycles. The molecule has 0 atom stereocenters. The van der Waals surface area contributed by atoms with Crippen LogP contribution in [0.2, 0.25) is 0 Å². The van der Waals surface area contributed by atoms with Crippen molar-refractivity contribution in [1.82, 2.24) is 34.4 Å². The summed E-state index contributed by atoms with van der Waals surface area (Å²) in [6.07, 6.45) is 5.63. The molecule has 1 aromatic carbocycles. The van der Waals surface area contributed by atoms with E-state index in [0.29, 0.717) is 35.6 Å². The minimum absolute atomic E-state index is 0.548. The summed E-state index contributed by atoms with van der Waals surface area (Å²) in [5, 5.41) is 7.88. The standard InChI is InChI=1S/C28H36BN9/c1-4-36(18-17-35(2)3)23-12-15-37(16-13-23)28-33-26-24(29)20-32-38(26)27(34-28)31-19-21-8-10-22(11-9-21)25-7-5-6-14-30-25/h5-11,14,20,23H,4,12-13,15-19H2,1-3H3,(H,31,33,34). The second-order valence-corrected chi connectivity index (χ2v) is 10.1. The first-order valence-corrected chi connectivity index (χ1v) is 13.4. The summed E-state index contributed by atoms with van der Waals surface area (Å²) in [5.74, 6) is 1.34. The van der Waals surface area contributed by atoms with Crippen LogP contribution in [0.5, 0.6) is 0 Å². The minimum Gasteiger partial charge on any atom is -0.350 e. The van der Waals surface area contributed by atoms with Gasteiger partial charge >= 0.3 is 0 Å². The van der Waals surface area contributed by atoms with Crippen LogP contribution in [0.25, 0.3) is 16.9 Å². The predicted molar refractivity (Wildman–Crippen MR) is 154 cm³/mol. The molecule has 0 bridgehead atoms. The van der Waals surface area contributed by atoms with Gasteiger partial charge in [0.1, 0.15) is 7.85 Å². The van der Waals surface area contributed by atoms with E-state index in [0.717, 1.165) is 62.4 Å². The molecule has 10 heteroatoms. The highest BCUT2D eigenvalue weighted by Gasteiger charge is 2.26. The van der Waals surface area contributed by atoms with Gasteiger partial charge in [0, 0.05) is 56.7 Å². The quantitative estimate of drug-likeness (QED) is 0.327. The molecule has 2 radical (unpaired) electrons. The van der Waals surface area contributed by atoms with Crippen LogP contribution >= 0.6 is 0 Å². The van der Waals surface area contributed by atoms with E-state index in [2.05, 4.69) is 75.4 Å². The Balaban J connectivity index is 1.28. The van der Waals surface area contributed by atoms with Crippen molar-refractivity contribution in [2.75, 3.05) is 57.0 Å².